The summed E-state index contributed by atoms with van der Waals surface area (Å²) >= 11 is 2.89. The Labute approximate surface area is 129 Å². The molecule has 0 N–H and O–H groups in total. The van der Waals surface area contributed by atoms with E-state index in [1.165, 1.54) is 22.7 Å². The predicted molar refractivity (Wildman–Crippen MR) is 81.9 cm³/mol. The van der Waals surface area contributed by atoms with Crippen molar-refractivity contribution in [3.8, 4) is 0 Å². The molecule has 0 bridgehead atoms. The Morgan fingerprint density at radius 3 is 2.33 bits per heavy atom. The predicted octanol–water partition coefficient (Wildman–Crippen LogP) is 2.66. The van der Waals surface area contributed by atoms with Gasteiger partial charge in [0.2, 0.25) is 17.9 Å². The summed E-state index contributed by atoms with van der Waals surface area (Å²) in [4.78, 5) is 25.5. The second-order valence-electron chi connectivity index (χ2n) is 4.56. The summed E-state index contributed by atoms with van der Waals surface area (Å²) in [6.45, 7) is 0.585. The van der Waals surface area contributed by atoms with Gasteiger partial charge < -0.3 is 0 Å². The van der Waals surface area contributed by atoms with Crippen LogP contribution in [0.25, 0.3) is 0 Å². The van der Waals surface area contributed by atoms with Crippen molar-refractivity contribution in [1.82, 2.24) is 4.57 Å². The SMILES string of the molecule is O=C(Cn1cc[n+](CC(=O)c2cccs2)c1)c1cccs1. The third kappa shape index (κ3) is 3.34. The molecule has 0 saturated carbocycles. The second-order valence-corrected chi connectivity index (χ2v) is 6.45. The fourth-order valence-electron chi connectivity index (χ4n) is 1.99. The van der Waals surface area contributed by atoms with Gasteiger partial charge >= 0.3 is 0 Å². The lowest BCUT2D eigenvalue weighted by atomic mass is 10.3. The average Bonchev–Trinajstić information content (AvgIpc) is 3.22. The van der Waals surface area contributed by atoms with E-state index in [1.807, 2.05) is 47.4 Å². The summed E-state index contributed by atoms with van der Waals surface area (Å²) in [6.07, 6.45) is 5.41. The first-order valence-electron chi connectivity index (χ1n) is 6.40. The number of thiophene rings is 2. The molecule has 0 fully saturated rings. The van der Waals surface area contributed by atoms with E-state index in [0.717, 1.165) is 9.75 Å². The van der Waals surface area contributed by atoms with Crippen LogP contribution in [0, 0.1) is 0 Å². The van der Waals surface area contributed by atoms with Crippen molar-refractivity contribution in [3.05, 3.63) is 63.5 Å². The lowest BCUT2D eigenvalue weighted by molar-refractivity contribution is -0.682. The summed E-state index contributed by atoms with van der Waals surface area (Å²) < 4.78 is 3.59. The van der Waals surface area contributed by atoms with Gasteiger partial charge in [-0.25, -0.2) is 9.13 Å². The number of Topliss-reactive ketones (excluding diaryl/α,β-unsaturated/α-hetero) is 2. The molecule has 0 aliphatic rings. The quantitative estimate of drug-likeness (QED) is 0.518. The zero-order valence-electron chi connectivity index (χ0n) is 11.1. The molecule has 0 aliphatic heterocycles. The van der Waals surface area contributed by atoms with E-state index in [0.29, 0.717) is 13.1 Å². The second kappa shape index (κ2) is 6.15. The molecule has 0 aliphatic carbocycles. The van der Waals surface area contributed by atoms with Crippen LogP contribution >= 0.6 is 22.7 Å². The zero-order chi connectivity index (χ0) is 14.7. The van der Waals surface area contributed by atoms with E-state index >= 15 is 0 Å². The minimum atomic E-state index is 0.0809. The van der Waals surface area contributed by atoms with Gasteiger partial charge in [-0.2, -0.15) is 0 Å². The maximum Gasteiger partial charge on any atom is 0.244 e. The highest BCUT2D eigenvalue weighted by molar-refractivity contribution is 7.12. The molecule has 106 valence electrons. The normalized spacial score (nSPS) is 10.7. The van der Waals surface area contributed by atoms with E-state index in [9.17, 15) is 9.59 Å². The number of rotatable bonds is 6. The first-order valence-corrected chi connectivity index (χ1v) is 8.16. The van der Waals surface area contributed by atoms with Gasteiger partial charge in [-0.1, -0.05) is 12.1 Å². The Hall–Kier alpha value is -2.05. The van der Waals surface area contributed by atoms with Crippen LogP contribution in [0.5, 0.6) is 0 Å². The molecule has 3 aromatic heterocycles. The number of hydrogen-bond donors (Lipinski definition) is 0. The lowest BCUT2D eigenvalue weighted by Crippen LogP contribution is -2.35. The molecule has 0 spiro atoms. The summed E-state index contributed by atoms with van der Waals surface area (Å²) in [5.74, 6) is 0.162. The average molecular weight is 317 g/mol. The monoisotopic (exact) mass is 317 g/mol. The lowest BCUT2D eigenvalue weighted by Gasteiger charge is -1.95. The van der Waals surface area contributed by atoms with Crippen molar-refractivity contribution in [2.75, 3.05) is 0 Å². The van der Waals surface area contributed by atoms with Crippen LogP contribution < -0.4 is 4.57 Å². The van der Waals surface area contributed by atoms with E-state index in [1.54, 1.807) is 15.5 Å². The number of imidazole rings is 1. The zero-order valence-corrected chi connectivity index (χ0v) is 12.8. The van der Waals surface area contributed by atoms with Crippen LogP contribution in [-0.4, -0.2) is 16.1 Å². The fourth-order valence-corrected chi connectivity index (χ4v) is 3.30. The van der Waals surface area contributed by atoms with Crippen molar-refractivity contribution in [2.45, 2.75) is 13.1 Å². The van der Waals surface area contributed by atoms with Gasteiger partial charge in [-0.15, -0.1) is 22.7 Å². The van der Waals surface area contributed by atoms with Crippen molar-refractivity contribution in [2.24, 2.45) is 0 Å². The standard InChI is InChI=1S/C15H13N2O2S2/c18-12(14-3-1-7-20-14)9-16-5-6-17(11-16)10-13(19)15-4-2-8-21-15/h1-8,11H,9-10H2/q+1. The number of aromatic nitrogens is 2. The topological polar surface area (TPSA) is 43.0 Å². The van der Waals surface area contributed by atoms with E-state index < -0.39 is 0 Å². The summed E-state index contributed by atoms with van der Waals surface area (Å²) in [6, 6.07) is 7.39. The number of ketones is 2. The summed E-state index contributed by atoms with van der Waals surface area (Å²) in [7, 11) is 0. The Kier molecular flexibility index (Phi) is 4.08. The molecular formula is C15H13N2O2S2+. The van der Waals surface area contributed by atoms with Gasteiger partial charge in [0.25, 0.3) is 0 Å². The van der Waals surface area contributed by atoms with Crippen molar-refractivity contribution in [1.29, 1.82) is 0 Å². The molecule has 3 heterocycles. The van der Waals surface area contributed by atoms with Crippen molar-refractivity contribution in [3.63, 3.8) is 0 Å². The van der Waals surface area contributed by atoms with Crippen LogP contribution in [0.3, 0.4) is 0 Å². The number of nitrogens with zero attached hydrogens (tertiary/aromatic N) is 2. The molecule has 0 amide bonds. The van der Waals surface area contributed by atoms with Crippen LogP contribution in [0.1, 0.15) is 19.3 Å². The Morgan fingerprint density at radius 2 is 1.71 bits per heavy atom. The molecule has 6 heteroatoms. The summed E-state index contributed by atoms with van der Waals surface area (Å²) in [5, 5.41) is 3.78. The number of carbonyl (C=O) groups is 2. The maximum atomic E-state index is 12.0. The largest absolute Gasteiger partial charge is 0.289 e. The molecule has 0 unspecified atom stereocenters. The smallest absolute Gasteiger partial charge is 0.244 e. The molecular weight excluding hydrogens is 304 g/mol. The molecule has 3 aromatic rings. The Balaban J connectivity index is 1.64. The van der Waals surface area contributed by atoms with Crippen LogP contribution in [0.2, 0.25) is 0 Å². The van der Waals surface area contributed by atoms with E-state index in [-0.39, 0.29) is 11.6 Å². The van der Waals surface area contributed by atoms with Crippen LogP contribution in [0.4, 0.5) is 0 Å². The molecule has 3 rings (SSSR count). The minimum absolute atomic E-state index is 0.0809. The highest BCUT2D eigenvalue weighted by Gasteiger charge is 2.15. The fraction of sp³-hybridized carbons (Fsp3) is 0.133. The van der Waals surface area contributed by atoms with Crippen molar-refractivity contribution < 1.29 is 14.2 Å². The third-order valence-corrected chi connectivity index (χ3v) is 4.81. The minimum Gasteiger partial charge on any atom is -0.289 e. The van der Waals surface area contributed by atoms with Crippen LogP contribution in [0.15, 0.2) is 53.7 Å². The van der Waals surface area contributed by atoms with Gasteiger partial charge in [0.15, 0.2) is 13.1 Å². The Bertz CT molecular complexity index is 680. The number of hydrogen-bond acceptors (Lipinski definition) is 4. The van der Waals surface area contributed by atoms with E-state index in [4.69, 9.17) is 0 Å². The van der Waals surface area contributed by atoms with E-state index in [2.05, 4.69) is 0 Å². The highest BCUT2D eigenvalue weighted by Crippen LogP contribution is 2.11. The van der Waals surface area contributed by atoms with Gasteiger partial charge in [0.05, 0.1) is 9.75 Å². The van der Waals surface area contributed by atoms with Gasteiger partial charge in [-0.05, 0) is 22.9 Å². The molecule has 0 saturated heterocycles. The van der Waals surface area contributed by atoms with Crippen molar-refractivity contribution >= 4 is 34.2 Å². The first kappa shape index (κ1) is 13.9. The van der Waals surface area contributed by atoms with Gasteiger partial charge in [0.1, 0.15) is 12.4 Å². The summed E-state index contributed by atoms with van der Waals surface area (Å²) in [5.41, 5.74) is 0. The number of carbonyl (C=O) groups excluding carboxylic acids is 2. The Morgan fingerprint density at radius 1 is 1.05 bits per heavy atom. The maximum absolute atomic E-state index is 12.0. The van der Waals surface area contributed by atoms with Gasteiger partial charge in [0, 0.05) is 0 Å². The molecule has 0 aromatic carbocycles. The molecule has 0 radical (unpaired) electrons. The molecule has 0 atom stereocenters. The molecule has 4 nitrogen and oxygen atoms in total. The van der Waals surface area contributed by atoms with Gasteiger partial charge in [-0.3, -0.25) is 9.59 Å². The first-order chi connectivity index (χ1) is 10.2. The van der Waals surface area contributed by atoms with Crippen LogP contribution in [-0.2, 0) is 13.1 Å². The highest BCUT2D eigenvalue weighted by atomic mass is 32.1. The third-order valence-electron chi connectivity index (χ3n) is 2.99. The molecule has 21 heavy (non-hydrogen) atoms.